The summed E-state index contributed by atoms with van der Waals surface area (Å²) in [6.07, 6.45) is 2.46. The molecular weight excluding hydrogens is 309 g/mol. The van der Waals surface area contributed by atoms with Gasteiger partial charge in [-0.2, -0.15) is 0 Å². The van der Waals surface area contributed by atoms with Crippen LogP contribution in [-0.2, 0) is 6.54 Å². The number of hydrogen-bond acceptors (Lipinski definition) is 4. The second-order valence-electron chi connectivity index (χ2n) is 3.48. The van der Waals surface area contributed by atoms with Crippen molar-refractivity contribution in [1.82, 2.24) is 10.3 Å². The number of anilines is 1. The zero-order valence-electron chi connectivity index (χ0n) is 8.25. The first-order chi connectivity index (χ1) is 6.31. The molecular formula is C9H16IN3S. The lowest BCUT2D eigenvalue weighted by molar-refractivity contribution is 0.512. The SMILES string of the molecule is CCCC1CNCc2nc(N)sc21.I. The molecule has 1 aromatic heterocycles. The molecule has 0 aromatic carbocycles. The average molecular weight is 325 g/mol. The van der Waals surface area contributed by atoms with Crippen LogP contribution in [0.1, 0.15) is 36.3 Å². The molecule has 2 heterocycles. The smallest absolute Gasteiger partial charge is 0.180 e. The zero-order chi connectivity index (χ0) is 9.26. The first-order valence-electron chi connectivity index (χ1n) is 4.77. The highest BCUT2D eigenvalue weighted by Crippen LogP contribution is 2.33. The van der Waals surface area contributed by atoms with E-state index >= 15 is 0 Å². The highest BCUT2D eigenvalue weighted by Gasteiger charge is 2.22. The van der Waals surface area contributed by atoms with Gasteiger partial charge in [-0.25, -0.2) is 4.98 Å². The number of fused-ring (bicyclic) bond motifs is 1. The Kier molecular flexibility index (Phi) is 4.59. The molecule has 0 bridgehead atoms. The van der Waals surface area contributed by atoms with E-state index in [-0.39, 0.29) is 24.0 Å². The minimum Gasteiger partial charge on any atom is -0.375 e. The summed E-state index contributed by atoms with van der Waals surface area (Å²) in [4.78, 5) is 5.73. The molecule has 2 rings (SSSR count). The van der Waals surface area contributed by atoms with Gasteiger partial charge in [0.2, 0.25) is 0 Å². The van der Waals surface area contributed by atoms with Gasteiger partial charge in [-0.3, -0.25) is 0 Å². The highest BCUT2D eigenvalue weighted by atomic mass is 127. The fourth-order valence-electron chi connectivity index (χ4n) is 1.87. The Morgan fingerprint density at radius 3 is 3.14 bits per heavy atom. The van der Waals surface area contributed by atoms with Crippen molar-refractivity contribution in [2.45, 2.75) is 32.2 Å². The molecule has 5 heteroatoms. The summed E-state index contributed by atoms with van der Waals surface area (Å²) in [6, 6.07) is 0. The normalized spacial score (nSPS) is 19.9. The monoisotopic (exact) mass is 325 g/mol. The van der Waals surface area contributed by atoms with Crippen LogP contribution in [0, 0.1) is 0 Å². The van der Waals surface area contributed by atoms with Crippen molar-refractivity contribution >= 4 is 40.4 Å². The van der Waals surface area contributed by atoms with Crippen LogP contribution in [0.3, 0.4) is 0 Å². The number of nitrogens with one attached hydrogen (secondary N) is 1. The van der Waals surface area contributed by atoms with Crippen LogP contribution in [0.4, 0.5) is 5.13 Å². The molecule has 3 nitrogen and oxygen atoms in total. The molecule has 1 atom stereocenters. The van der Waals surface area contributed by atoms with Gasteiger partial charge in [0.05, 0.1) is 5.69 Å². The number of hydrogen-bond donors (Lipinski definition) is 2. The maximum atomic E-state index is 5.70. The van der Waals surface area contributed by atoms with E-state index < -0.39 is 0 Å². The summed E-state index contributed by atoms with van der Waals surface area (Å²) in [5.41, 5.74) is 6.87. The highest BCUT2D eigenvalue weighted by molar-refractivity contribution is 14.0. The van der Waals surface area contributed by atoms with Crippen molar-refractivity contribution in [3.05, 3.63) is 10.6 Å². The first kappa shape index (κ1) is 12.2. The number of halogens is 1. The molecule has 0 amide bonds. The van der Waals surface area contributed by atoms with Crippen LogP contribution in [-0.4, -0.2) is 11.5 Å². The minimum absolute atomic E-state index is 0. The number of thiazole rings is 1. The van der Waals surface area contributed by atoms with Crippen molar-refractivity contribution in [3.63, 3.8) is 0 Å². The fourth-order valence-corrected chi connectivity index (χ4v) is 2.85. The Balaban J connectivity index is 0.000000980. The zero-order valence-corrected chi connectivity index (χ0v) is 11.4. The predicted molar refractivity (Wildman–Crippen MR) is 71.3 cm³/mol. The Bertz CT molecular complexity index is 300. The lowest BCUT2D eigenvalue weighted by Gasteiger charge is -2.21. The van der Waals surface area contributed by atoms with Gasteiger partial charge >= 0.3 is 0 Å². The maximum Gasteiger partial charge on any atom is 0.180 e. The molecule has 1 aromatic rings. The van der Waals surface area contributed by atoms with E-state index in [0.717, 1.165) is 18.2 Å². The molecule has 14 heavy (non-hydrogen) atoms. The first-order valence-corrected chi connectivity index (χ1v) is 5.58. The lowest BCUT2D eigenvalue weighted by Crippen LogP contribution is -2.27. The number of nitrogen functional groups attached to an aromatic ring is 1. The molecule has 1 aliphatic rings. The third-order valence-electron chi connectivity index (χ3n) is 2.44. The van der Waals surface area contributed by atoms with Gasteiger partial charge in [-0.15, -0.1) is 35.3 Å². The van der Waals surface area contributed by atoms with E-state index in [1.165, 1.54) is 23.4 Å². The molecule has 0 saturated carbocycles. The van der Waals surface area contributed by atoms with E-state index in [4.69, 9.17) is 5.73 Å². The molecule has 0 spiro atoms. The number of nitrogens with zero attached hydrogens (tertiary/aromatic N) is 1. The van der Waals surface area contributed by atoms with Crippen LogP contribution in [0.5, 0.6) is 0 Å². The van der Waals surface area contributed by atoms with Gasteiger partial charge in [0, 0.05) is 23.9 Å². The van der Waals surface area contributed by atoms with E-state index in [0.29, 0.717) is 5.92 Å². The fraction of sp³-hybridized carbons (Fsp3) is 0.667. The Morgan fingerprint density at radius 1 is 1.64 bits per heavy atom. The van der Waals surface area contributed by atoms with Gasteiger partial charge in [0.15, 0.2) is 5.13 Å². The maximum absolute atomic E-state index is 5.70. The van der Waals surface area contributed by atoms with E-state index in [2.05, 4.69) is 17.2 Å². The topological polar surface area (TPSA) is 50.9 Å². The molecule has 0 saturated heterocycles. The van der Waals surface area contributed by atoms with Crippen molar-refractivity contribution < 1.29 is 0 Å². The van der Waals surface area contributed by atoms with Crippen LogP contribution in [0.15, 0.2) is 0 Å². The van der Waals surface area contributed by atoms with Crippen molar-refractivity contribution in [2.75, 3.05) is 12.3 Å². The van der Waals surface area contributed by atoms with Gasteiger partial charge in [0.1, 0.15) is 0 Å². The van der Waals surface area contributed by atoms with Crippen LogP contribution < -0.4 is 11.1 Å². The van der Waals surface area contributed by atoms with Gasteiger partial charge in [0.25, 0.3) is 0 Å². The van der Waals surface area contributed by atoms with Crippen molar-refractivity contribution in [2.24, 2.45) is 0 Å². The average Bonchev–Trinajstić information content (AvgIpc) is 2.47. The van der Waals surface area contributed by atoms with Crippen LogP contribution >= 0.6 is 35.3 Å². The quantitative estimate of drug-likeness (QED) is 0.821. The summed E-state index contributed by atoms with van der Waals surface area (Å²) in [7, 11) is 0. The largest absolute Gasteiger partial charge is 0.375 e. The summed E-state index contributed by atoms with van der Waals surface area (Å²) >= 11 is 1.66. The van der Waals surface area contributed by atoms with E-state index in [1.54, 1.807) is 11.3 Å². The van der Waals surface area contributed by atoms with Gasteiger partial charge in [-0.1, -0.05) is 13.3 Å². The molecule has 0 fully saturated rings. The molecule has 0 aliphatic carbocycles. The molecule has 1 unspecified atom stereocenters. The predicted octanol–water partition coefficient (Wildman–Crippen LogP) is 2.33. The molecule has 1 aliphatic heterocycles. The molecule has 3 N–H and O–H groups in total. The third kappa shape index (κ3) is 2.38. The van der Waals surface area contributed by atoms with Crippen LogP contribution in [0.2, 0.25) is 0 Å². The Labute approximate surface area is 106 Å². The minimum atomic E-state index is 0. The summed E-state index contributed by atoms with van der Waals surface area (Å²) in [6.45, 7) is 4.20. The van der Waals surface area contributed by atoms with E-state index in [9.17, 15) is 0 Å². The lowest BCUT2D eigenvalue weighted by atomic mass is 9.98. The summed E-state index contributed by atoms with van der Waals surface area (Å²) in [5, 5.41) is 4.10. The van der Waals surface area contributed by atoms with Gasteiger partial charge < -0.3 is 11.1 Å². The standard InChI is InChI=1S/C9H15N3S.HI/c1-2-3-6-4-11-5-7-8(6)13-9(10)12-7;/h6,11H,2-5H2,1H3,(H2,10,12);1H. The Hall–Kier alpha value is 0.120. The van der Waals surface area contributed by atoms with Crippen LogP contribution in [0.25, 0.3) is 0 Å². The summed E-state index contributed by atoms with van der Waals surface area (Å²) in [5.74, 6) is 0.642. The third-order valence-corrected chi connectivity index (χ3v) is 3.52. The van der Waals surface area contributed by atoms with Crippen molar-refractivity contribution in [1.29, 1.82) is 0 Å². The second kappa shape index (κ2) is 5.27. The van der Waals surface area contributed by atoms with E-state index in [1.807, 2.05) is 0 Å². The number of aromatic nitrogens is 1. The molecule has 0 radical (unpaired) electrons. The Morgan fingerprint density at radius 2 is 2.43 bits per heavy atom. The second-order valence-corrected chi connectivity index (χ2v) is 4.54. The molecule has 80 valence electrons. The van der Waals surface area contributed by atoms with Crippen molar-refractivity contribution in [3.8, 4) is 0 Å². The number of nitrogens with two attached hydrogens (primary N) is 1. The van der Waals surface area contributed by atoms with Gasteiger partial charge in [-0.05, 0) is 6.42 Å². The number of rotatable bonds is 2. The summed E-state index contributed by atoms with van der Waals surface area (Å²) < 4.78 is 0.